The fourth-order valence-corrected chi connectivity index (χ4v) is 6.94. The number of rotatable bonds is 37. The maximum Gasteiger partial charge on any atom is 0.307 e. The molecule has 52 heavy (non-hydrogen) atoms. The number of hydroxylamine groups is 2. The molecule has 1 aliphatic rings. The lowest BCUT2D eigenvalue weighted by atomic mass is 9.98. The summed E-state index contributed by atoms with van der Waals surface area (Å²) in [5.41, 5.74) is 6.38. The molecule has 306 valence electrons. The van der Waals surface area contributed by atoms with Crippen LogP contribution in [0.4, 0.5) is 0 Å². The molecule has 0 amide bonds. The zero-order valence-electron chi connectivity index (χ0n) is 34.3. The number of nitrogens with two attached hydrogens (primary N) is 1. The number of aliphatic hydroxyl groups is 2. The molecule has 1 saturated heterocycles. The molecule has 1 rings (SSSR count). The Hall–Kier alpha value is -1.29. The number of esters is 1. The molecule has 0 saturated carbocycles. The highest BCUT2D eigenvalue weighted by Crippen LogP contribution is 2.20. The quantitative estimate of drug-likeness (QED) is 0.0250. The van der Waals surface area contributed by atoms with E-state index in [1.54, 1.807) is 5.06 Å². The summed E-state index contributed by atoms with van der Waals surface area (Å²) in [5, 5.41) is 21.2. The van der Waals surface area contributed by atoms with Crippen LogP contribution in [0.5, 0.6) is 0 Å². The molecule has 2 unspecified atom stereocenters. The van der Waals surface area contributed by atoms with Gasteiger partial charge in [-0.2, -0.15) is 0 Å². The molecule has 1 heterocycles. The van der Waals surface area contributed by atoms with Crippen molar-refractivity contribution < 1.29 is 24.6 Å². The Morgan fingerprint density at radius 2 is 1.23 bits per heavy atom. The van der Waals surface area contributed by atoms with Crippen LogP contribution in [0.15, 0.2) is 24.3 Å². The maximum absolute atomic E-state index is 12.8. The van der Waals surface area contributed by atoms with Gasteiger partial charge in [0.2, 0.25) is 0 Å². The van der Waals surface area contributed by atoms with Crippen molar-refractivity contribution in [1.82, 2.24) is 9.96 Å². The van der Waals surface area contributed by atoms with E-state index in [9.17, 15) is 15.0 Å². The fraction of sp³-hybridized carbons (Fsp3) is 0.886. The second-order valence-electron chi connectivity index (χ2n) is 15.7. The Kier molecular flexibility index (Phi) is 33.2. The van der Waals surface area contributed by atoms with Crippen LogP contribution in [0.1, 0.15) is 201 Å². The number of allylic oxidation sites excluding steroid dienone is 4. The first kappa shape index (κ1) is 48.7. The SMILES string of the molecule is CCCCC/C=C\CCCCCCCCCC[C@H](N)ON1CN(CC(O)CCO)C[C@H]1OC(=O)CCCCCCC/C=C\CCC(C)CCCCC. The summed E-state index contributed by atoms with van der Waals surface area (Å²) in [6.07, 6.45) is 40.0. The van der Waals surface area contributed by atoms with Crippen LogP contribution in [0.25, 0.3) is 0 Å². The van der Waals surface area contributed by atoms with Gasteiger partial charge in [0, 0.05) is 19.6 Å². The highest BCUT2D eigenvalue weighted by Gasteiger charge is 2.36. The average molecular weight is 736 g/mol. The van der Waals surface area contributed by atoms with Gasteiger partial charge in [-0.05, 0) is 83.0 Å². The molecule has 0 radical (unpaired) electrons. The topological polar surface area (TPSA) is 108 Å². The second kappa shape index (κ2) is 35.4. The van der Waals surface area contributed by atoms with E-state index in [0.29, 0.717) is 32.6 Å². The van der Waals surface area contributed by atoms with Gasteiger partial charge < -0.3 is 20.7 Å². The third-order valence-corrected chi connectivity index (χ3v) is 10.3. The van der Waals surface area contributed by atoms with Crippen molar-refractivity contribution in [2.75, 3.05) is 26.4 Å². The van der Waals surface area contributed by atoms with Crippen molar-refractivity contribution in [3.05, 3.63) is 24.3 Å². The van der Waals surface area contributed by atoms with Crippen molar-refractivity contribution in [3.63, 3.8) is 0 Å². The van der Waals surface area contributed by atoms with Crippen molar-refractivity contribution in [2.24, 2.45) is 11.7 Å². The summed E-state index contributed by atoms with van der Waals surface area (Å²) in [4.78, 5) is 20.9. The molecule has 0 aromatic heterocycles. The van der Waals surface area contributed by atoms with E-state index >= 15 is 0 Å². The summed E-state index contributed by atoms with van der Waals surface area (Å²) < 4.78 is 5.88. The lowest BCUT2D eigenvalue weighted by molar-refractivity contribution is -0.255. The Morgan fingerprint density at radius 1 is 0.712 bits per heavy atom. The van der Waals surface area contributed by atoms with Crippen LogP contribution < -0.4 is 5.73 Å². The number of ether oxygens (including phenoxy) is 1. The average Bonchev–Trinajstić information content (AvgIpc) is 3.48. The summed E-state index contributed by atoms with van der Waals surface area (Å²) >= 11 is 0. The number of carbonyl (C=O) groups excluding carboxylic acids is 1. The molecule has 4 N–H and O–H groups in total. The summed E-state index contributed by atoms with van der Waals surface area (Å²) in [6, 6.07) is 0. The van der Waals surface area contributed by atoms with E-state index in [-0.39, 0.29) is 12.6 Å². The first-order valence-corrected chi connectivity index (χ1v) is 22.1. The molecule has 0 spiro atoms. The Labute approximate surface area is 321 Å². The highest BCUT2D eigenvalue weighted by molar-refractivity contribution is 5.69. The number of aliphatic hydroxyl groups excluding tert-OH is 2. The van der Waals surface area contributed by atoms with Crippen molar-refractivity contribution in [2.45, 2.75) is 219 Å². The molecule has 0 bridgehead atoms. The number of carbonyl (C=O) groups is 1. The first-order valence-electron chi connectivity index (χ1n) is 22.1. The minimum Gasteiger partial charge on any atom is -0.443 e. The molecule has 1 aliphatic heterocycles. The molecular weight excluding hydrogens is 650 g/mol. The number of β-amino-alcohol motifs (C(OH)–C–C–N with tert-alkyl or cyclic N) is 1. The van der Waals surface area contributed by atoms with Gasteiger partial charge in [-0.1, -0.05) is 141 Å². The number of hydrogen-bond donors (Lipinski definition) is 3. The van der Waals surface area contributed by atoms with Crippen LogP contribution in [0.2, 0.25) is 0 Å². The van der Waals surface area contributed by atoms with Gasteiger partial charge in [-0.15, -0.1) is 5.06 Å². The van der Waals surface area contributed by atoms with Crippen LogP contribution >= 0.6 is 0 Å². The number of nitrogens with zero attached hydrogens (tertiary/aromatic N) is 2. The summed E-state index contributed by atoms with van der Waals surface area (Å²) in [6.45, 7) is 8.07. The van der Waals surface area contributed by atoms with E-state index in [1.807, 2.05) is 4.90 Å². The zero-order chi connectivity index (χ0) is 37.9. The molecular formula is C44H85N3O5. The van der Waals surface area contributed by atoms with E-state index in [2.05, 4.69) is 45.1 Å². The standard InChI is InChI=1S/C44H85N3O5/c1-4-6-8-9-10-11-12-13-14-15-16-19-22-25-29-33-42(45)52-47-39-46(37-41(49)35-36-48)38-43(47)51-44(50)34-30-26-23-20-17-18-21-24-28-32-40(3)31-27-7-5-2/h10-11,21,24,40-43,48-49H,4-9,12-20,22-23,25-39,45H2,1-3H3/b11-10-,24-21-/t40?,41?,42-,43-/m1/s1. The van der Waals surface area contributed by atoms with Crippen LogP contribution in [0, 0.1) is 5.92 Å². The van der Waals surface area contributed by atoms with E-state index in [1.165, 1.54) is 122 Å². The van der Waals surface area contributed by atoms with Crippen molar-refractivity contribution in [1.29, 1.82) is 0 Å². The molecule has 0 aliphatic carbocycles. The fourth-order valence-electron chi connectivity index (χ4n) is 6.94. The first-order chi connectivity index (χ1) is 25.4. The smallest absolute Gasteiger partial charge is 0.307 e. The molecule has 0 aromatic carbocycles. The number of unbranched alkanes of at least 4 members (excludes halogenated alkanes) is 18. The lowest BCUT2D eigenvalue weighted by Gasteiger charge is -2.26. The zero-order valence-corrected chi connectivity index (χ0v) is 34.3. The van der Waals surface area contributed by atoms with Gasteiger partial charge in [-0.25, -0.2) is 0 Å². The van der Waals surface area contributed by atoms with Crippen LogP contribution in [0.3, 0.4) is 0 Å². The van der Waals surface area contributed by atoms with Gasteiger partial charge in [0.15, 0.2) is 6.23 Å². The minimum atomic E-state index is -0.647. The minimum absolute atomic E-state index is 0.0648. The molecule has 8 heteroatoms. The second-order valence-corrected chi connectivity index (χ2v) is 15.7. The van der Waals surface area contributed by atoms with Gasteiger partial charge >= 0.3 is 5.97 Å². The van der Waals surface area contributed by atoms with Crippen molar-refractivity contribution >= 4 is 5.97 Å². The maximum atomic E-state index is 12.8. The molecule has 0 aromatic rings. The summed E-state index contributed by atoms with van der Waals surface area (Å²) in [7, 11) is 0. The predicted molar refractivity (Wildman–Crippen MR) is 218 cm³/mol. The van der Waals surface area contributed by atoms with E-state index < -0.39 is 18.6 Å². The predicted octanol–water partition coefficient (Wildman–Crippen LogP) is 10.7. The monoisotopic (exact) mass is 736 g/mol. The Bertz CT molecular complexity index is 856. The van der Waals surface area contributed by atoms with Gasteiger partial charge in [0.1, 0.15) is 6.23 Å². The third-order valence-electron chi connectivity index (χ3n) is 10.3. The third kappa shape index (κ3) is 29.1. The normalized spacial score (nSPS) is 17.5. The van der Waals surface area contributed by atoms with Crippen molar-refractivity contribution in [3.8, 4) is 0 Å². The van der Waals surface area contributed by atoms with Crippen LogP contribution in [-0.2, 0) is 14.4 Å². The Morgan fingerprint density at radius 3 is 1.85 bits per heavy atom. The largest absolute Gasteiger partial charge is 0.443 e. The van der Waals surface area contributed by atoms with E-state index in [0.717, 1.165) is 50.9 Å². The molecule has 1 fully saturated rings. The lowest BCUT2D eigenvalue weighted by Crippen LogP contribution is -2.41. The number of hydrogen-bond acceptors (Lipinski definition) is 8. The summed E-state index contributed by atoms with van der Waals surface area (Å²) in [5.74, 6) is 0.622. The van der Waals surface area contributed by atoms with Gasteiger partial charge in [0.05, 0.1) is 19.3 Å². The van der Waals surface area contributed by atoms with Crippen LogP contribution in [-0.4, -0.2) is 71.1 Å². The van der Waals surface area contributed by atoms with Gasteiger partial charge in [0.25, 0.3) is 0 Å². The van der Waals surface area contributed by atoms with Gasteiger partial charge in [-0.3, -0.25) is 14.5 Å². The highest BCUT2D eigenvalue weighted by atomic mass is 16.7. The van der Waals surface area contributed by atoms with E-state index in [4.69, 9.17) is 15.3 Å². The molecule has 8 nitrogen and oxygen atoms in total. The molecule has 4 atom stereocenters. The Balaban J connectivity index is 2.23.